The highest BCUT2D eigenvalue weighted by Gasteiger charge is 2.32. The second-order valence-electron chi connectivity index (χ2n) is 8.95. The van der Waals surface area contributed by atoms with E-state index in [-0.39, 0.29) is 64.6 Å². The number of rotatable bonds is 10. The summed E-state index contributed by atoms with van der Waals surface area (Å²) in [5.41, 5.74) is 0. The van der Waals surface area contributed by atoms with Crippen LogP contribution in [0.15, 0.2) is 0 Å². The Bertz CT molecular complexity index is 742. The van der Waals surface area contributed by atoms with Gasteiger partial charge in [-0.05, 0) is 27.7 Å². The van der Waals surface area contributed by atoms with Crippen LogP contribution in [0.5, 0.6) is 0 Å². The number of hydrogen-bond donors (Lipinski definition) is 4. The number of hydrogen-bond acceptors (Lipinski definition) is 9. The molecule has 13 heteroatoms. The average molecular weight is 503 g/mol. The van der Waals surface area contributed by atoms with Crippen molar-refractivity contribution >= 4 is 29.7 Å². The molecule has 13 nitrogen and oxygen atoms in total. The first-order valence-electron chi connectivity index (χ1n) is 11.6. The summed E-state index contributed by atoms with van der Waals surface area (Å²) in [7, 11) is 0. The van der Waals surface area contributed by atoms with Crippen molar-refractivity contribution in [2.45, 2.75) is 58.3 Å². The lowest BCUT2D eigenvalue weighted by molar-refractivity contribution is -0.148. The standard InChI is InChI=1S/C22H38N4O9/c1-14(27)13-18(22(34)35)26-11-9-24(16(3)20(30)31)7-5-23(15(2)19(28)29)6-8-25(10-12-26)17(4)21(32)33/h15-18H,5-13H2,1-4H3,(H,28,29)(H,30,31)(H,32,33)(H,34,35). The fraction of sp³-hybridized carbons (Fsp3) is 0.773. The van der Waals surface area contributed by atoms with Crippen molar-refractivity contribution in [1.29, 1.82) is 0 Å². The summed E-state index contributed by atoms with van der Waals surface area (Å²) >= 11 is 0. The van der Waals surface area contributed by atoms with Gasteiger partial charge in [-0.2, -0.15) is 0 Å². The molecule has 4 N–H and O–H groups in total. The molecule has 4 unspecified atom stereocenters. The highest BCUT2D eigenvalue weighted by Crippen LogP contribution is 2.12. The zero-order valence-electron chi connectivity index (χ0n) is 20.8. The third-order valence-corrected chi connectivity index (χ3v) is 6.62. The van der Waals surface area contributed by atoms with Crippen LogP contribution in [0.4, 0.5) is 0 Å². The molecule has 0 aromatic rings. The van der Waals surface area contributed by atoms with Crippen LogP contribution in [0.25, 0.3) is 0 Å². The fourth-order valence-electron chi connectivity index (χ4n) is 4.06. The molecule has 4 atom stereocenters. The predicted molar refractivity (Wildman–Crippen MR) is 124 cm³/mol. The van der Waals surface area contributed by atoms with Crippen molar-refractivity contribution in [1.82, 2.24) is 19.6 Å². The summed E-state index contributed by atoms with van der Waals surface area (Å²) in [5, 5.41) is 38.4. The topological polar surface area (TPSA) is 179 Å². The summed E-state index contributed by atoms with van der Waals surface area (Å²) in [6.07, 6.45) is -0.234. The molecule has 0 spiro atoms. The highest BCUT2D eigenvalue weighted by molar-refractivity contribution is 5.84. The van der Waals surface area contributed by atoms with Gasteiger partial charge in [-0.1, -0.05) is 0 Å². The Morgan fingerprint density at radius 3 is 1.00 bits per heavy atom. The Labute approximate surface area is 204 Å². The molecule has 1 fully saturated rings. The van der Waals surface area contributed by atoms with Crippen LogP contribution in [0.3, 0.4) is 0 Å². The molecule has 0 aliphatic carbocycles. The van der Waals surface area contributed by atoms with Crippen LogP contribution in [-0.2, 0) is 24.0 Å². The van der Waals surface area contributed by atoms with Crippen LogP contribution in [0, 0.1) is 0 Å². The number of ketones is 1. The van der Waals surface area contributed by atoms with E-state index in [1.165, 1.54) is 27.7 Å². The largest absolute Gasteiger partial charge is 0.480 e. The van der Waals surface area contributed by atoms with E-state index in [4.69, 9.17) is 0 Å². The Hall–Kier alpha value is -2.61. The molecular formula is C22H38N4O9. The van der Waals surface area contributed by atoms with Crippen molar-refractivity contribution in [2.75, 3.05) is 52.4 Å². The SMILES string of the molecule is CC(=O)CC(C(=O)O)N1CCN(C(C)C(=O)O)CCN(C(C)C(=O)O)CCN(C(C)C(=O)O)CC1. The van der Waals surface area contributed by atoms with E-state index in [1.54, 1.807) is 19.6 Å². The van der Waals surface area contributed by atoms with Crippen molar-refractivity contribution < 1.29 is 44.4 Å². The molecule has 1 aliphatic rings. The van der Waals surface area contributed by atoms with Gasteiger partial charge in [-0.3, -0.25) is 43.6 Å². The molecule has 0 aromatic heterocycles. The van der Waals surface area contributed by atoms with Crippen LogP contribution >= 0.6 is 0 Å². The molecule has 0 radical (unpaired) electrons. The fourth-order valence-corrected chi connectivity index (χ4v) is 4.06. The van der Waals surface area contributed by atoms with E-state index in [0.717, 1.165) is 0 Å². The van der Waals surface area contributed by atoms with Crippen LogP contribution in [-0.4, -0.2) is 146 Å². The van der Waals surface area contributed by atoms with Gasteiger partial charge >= 0.3 is 23.9 Å². The number of carbonyl (C=O) groups is 5. The van der Waals surface area contributed by atoms with E-state index in [2.05, 4.69) is 0 Å². The maximum atomic E-state index is 12.0. The minimum Gasteiger partial charge on any atom is -0.480 e. The van der Waals surface area contributed by atoms with Gasteiger partial charge in [0.15, 0.2) is 0 Å². The van der Waals surface area contributed by atoms with Gasteiger partial charge in [0, 0.05) is 58.8 Å². The molecule has 0 saturated carbocycles. The molecule has 1 saturated heterocycles. The smallest absolute Gasteiger partial charge is 0.321 e. The van der Waals surface area contributed by atoms with Gasteiger partial charge in [0.1, 0.15) is 30.0 Å². The highest BCUT2D eigenvalue weighted by atomic mass is 16.4. The predicted octanol–water partition coefficient (Wildman–Crippen LogP) is -0.940. The maximum absolute atomic E-state index is 12.0. The van der Waals surface area contributed by atoms with E-state index >= 15 is 0 Å². The number of carbonyl (C=O) groups excluding carboxylic acids is 1. The summed E-state index contributed by atoms with van der Waals surface area (Å²) in [6.45, 7) is 7.26. The van der Waals surface area contributed by atoms with Crippen molar-refractivity contribution in [3.63, 3.8) is 0 Å². The van der Waals surface area contributed by atoms with Crippen molar-refractivity contribution in [3.8, 4) is 0 Å². The quantitative estimate of drug-likeness (QED) is 0.288. The number of carboxylic acid groups (broad SMARTS) is 4. The third-order valence-electron chi connectivity index (χ3n) is 6.62. The molecule has 1 rings (SSSR count). The van der Waals surface area contributed by atoms with Gasteiger partial charge < -0.3 is 20.4 Å². The number of aliphatic carboxylic acids is 4. The Balaban J connectivity index is 3.33. The van der Waals surface area contributed by atoms with E-state index in [9.17, 15) is 44.4 Å². The van der Waals surface area contributed by atoms with E-state index in [1.807, 2.05) is 0 Å². The molecule has 35 heavy (non-hydrogen) atoms. The van der Waals surface area contributed by atoms with Gasteiger partial charge in [0.25, 0.3) is 0 Å². The Kier molecular flexibility index (Phi) is 12.2. The first-order chi connectivity index (χ1) is 16.3. The Morgan fingerprint density at radius 2 is 0.800 bits per heavy atom. The summed E-state index contributed by atoms with van der Waals surface area (Å²) in [5.74, 6) is -4.69. The van der Waals surface area contributed by atoms with E-state index < -0.39 is 48.0 Å². The second kappa shape index (κ2) is 14.1. The van der Waals surface area contributed by atoms with Crippen LogP contribution < -0.4 is 0 Å². The number of Topliss-reactive ketones (excluding diaryl/α,β-unsaturated/α-hetero) is 1. The minimum absolute atomic E-state index is 0.131. The Morgan fingerprint density at radius 1 is 0.543 bits per heavy atom. The number of nitrogens with zero attached hydrogens (tertiary/aromatic N) is 4. The maximum Gasteiger partial charge on any atom is 0.321 e. The summed E-state index contributed by atoms with van der Waals surface area (Å²) < 4.78 is 0. The molecule has 0 bridgehead atoms. The second-order valence-corrected chi connectivity index (χ2v) is 8.95. The van der Waals surface area contributed by atoms with Gasteiger partial charge in [-0.25, -0.2) is 0 Å². The lowest BCUT2D eigenvalue weighted by Gasteiger charge is -2.38. The molecule has 1 heterocycles. The summed E-state index contributed by atoms with van der Waals surface area (Å²) in [6, 6.07) is -3.81. The zero-order chi connectivity index (χ0) is 26.9. The average Bonchev–Trinajstić information content (AvgIpc) is 2.76. The molecule has 0 amide bonds. The molecular weight excluding hydrogens is 464 g/mol. The minimum atomic E-state index is -1.19. The first kappa shape index (κ1) is 30.4. The first-order valence-corrected chi connectivity index (χ1v) is 11.6. The lowest BCUT2D eigenvalue weighted by Crippen LogP contribution is -2.55. The van der Waals surface area contributed by atoms with Crippen molar-refractivity contribution in [3.05, 3.63) is 0 Å². The van der Waals surface area contributed by atoms with Gasteiger partial charge in [0.2, 0.25) is 0 Å². The van der Waals surface area contributed by atoms with Gasteiger partial charge in [0.05, 0.1) is 0 Å². The summed E-state index contributed by atoms with van der Waals surface area (Å²) in [4.78, 5) is 65.2. The molecule has 0 aromatic carbocycles. The number of carboxylic acids is 4. The lowest BCUT2D eigenvalue weighted by atomic mass is 10.1. The molecule has 200 valence electrons. The van der Waals surface area contributed by atoms with Crippen molar-refractivity contribution in [2.24, 2.45) is 0 Å². The van der Waals surface area contributed by atoms with E-state index in [0.29, 0.717) is 0 Å². The normalized spacial score (nSPS) is 21.6. The van der Waals surface area contributed by atoms with Crippen LogP contribution in [0.1, 0.15) is 34.1 Å². The monoisotopic (exact) mass is 502 g/mol. The zero-order valence-corrected chi connectivity index (χ0v) is 20.8. The van der Waals surface area contributed by atoms with Crippen LogP contribution in [0.2, 0.25) is 0 Å². The molecule has 1 aliphatic heterocycles. The third kappa shape index (κ3) is 9.51. The van der Waals surface area contributed by atoms with Gasteiger partial charge in [-0.15, -0.1) is 0 Å².